The number of nitrogens with zero attached hydrogens (tertiary/aromatic N) is 2. The molecule has 2 N–H and O–H groups in total. The number of methoxy groups -OCH3 is 1. The monoisotopic (exact) mass is 308 g/mol. The highest BCUT2D eigenvalue weighted by atomic mass is 32.2. The Morgan fingerprint density at radius 3 is 2.71 bits per heavy atom. The Labute approximate surface area is 124 Å². The molecule has 1 aromatic carbocycles. The Hall–Kier alpha value is -2.48. The fourth-order valence-electron chi connectivity index (χ4n) is 1.50. The number of carboxylic acid groups (broad SMARTS) is 1. The number of aromatic hydroxyl groups is 1. The van der Waals surface area contributed by atoms with E-state index in [2.05, 4.69) is 10.2 Å². The zero-order chi connectivity index (χ0) is 15.4. The predicted molar refractivity (Wildman–Crippen MR) is 75.2 cm³/mol. The second-order valence-corrected chi connectivity index (χ2v) is 4.93. The van der Waals surface area contributed by atoms with Crippen molar-refractivity contribution in [2.24, 2.45) is 0 Å². The highest BCUT2D eigenvalue weighted by Crippen LogP contribution is 2.30. The minimum Gasteiger partial charge on any atom is -0.504 e. The molecule has 0 unspecified atom stereocenters. The predicted octanol–water partition coefficient (Wildman–Crippen LogP) is 2.31. The van der Waals surface area contributed by atoms with E-state index in [4.69, 9.17) is 9.15 Å². The number of rotatable bonds is 5. The van der Waals surface area contributed by atoms with Gasteiger partial charge in [0.1, 0.15) is 4.91 Å². The summed E-state index contributed by atoms with van der Waals surface area (Å²) in [6, 6.07) is 4.57. The molecule has 0 atom stereocenters. The van der Waals surface area contributed by atoms with E-state index in [1.807, 2.05) is 0 Å². The molecule has 0 saturated carbocycles. The quantitative estimate of drug-likeness (QED) is 0.640. The lowest BCUT2D eigenvalue weighted by atomic mass is 10.2. The first kappa shape index (κ1) is 14.9. The zero-order valence-corrected chi connectivity index (χ0v) is 12.0. The summed E-state index contributed by atoms with van der Waals surface area (Å²) >= 11 is 0.837. The van der Waals surface area contributed by atoms with Crippen LogP contribution in [0.15, 0.2) is 32.7 Å². The first-order chi connectivity index (χ1) is 9.99. The molecule has 1 aromatic heterocycles. The summed E-state index contributed by atoms with van der Waals surface area (Å²) in [4.78, 5) is 11.2. The van der Waals surface area contributed by atoms with Crippen molar-refractivity contribution in [2.45, 2.75) is 12.1 Å². The fraction of sp³-hybridized carbons (Fsp3) is 0.154. The molecule has 0 fully saturated rings. The third-order valence-corrected chi connectivity index (χ3v) is 3.27. The largest absolute Gasteiger partial charge is 0.504 e. The minimum absolute atomic E-state index is 0.0109. The van der Waals surface area contributed by atoms with E-state index < -0.39 is 5.97 Å². The zero-order valence-electron chi connectivity index (χ0n) is 11.2. The van der Waals surface area contributed by atoms with Gasteiger partial charge in [-0.15, -0.1) is 10.2 Å². The standard InChI is InChI=1S/C13H12N2O5S/c1-7-14-15-13(20-7)21-11(12(17)18)6-8-3-4-10(19-2)9(16)5-8/h3-6,16H,1-2H3,(H,17,18)/b11-6-. The van der Waals surface area contributed by atoms with E-state index in [1.54, 1.807) is 19.1 Å². The van der Waals surface area contributed by atoms with E-state index in [1.165, 1.54) is 19.3 Å². The first-order valence-corrected chi connectivity index (χ1v) is 6.61. The van der Waals surface area contributed by atoms with Crippen LogP contribution in [-0.2, 0) is 4.79 Å². The molecule has 110 valence electrons. The Morgan fingerprint density at radius 2 is 2.19 bits per heavy atom. The van der Waals surface area contributed by atoms with Crippen molar-refractivity contribution < 1.29 is 24.2 Å². The maximum atomic E-state index is 11.3. The maximum absolute atomic E-state index is 11.3. The van der Waals surface area contributed by atoms with Crippen molar-refractivity contribution in [3.63, 3.8) is 0 Å². The van der Waals surface area contributed by atoms with Crippen molar-refractivity contribution in [3.8, 4) is 11.5 Å². The lowest BCUT2D eigenvalue weighted by Crippen LogP contribution is -1.96. The maximum Gasteiger partial charge on any atom is 0.342 e. The molecule has 0 aliphatic rings. The third-order valence-electron chi connectivity index (χ3n) is 2.42. The molecular weight excluding hydrogens is 296 g/mol. The van der Waals surface area contributed by atoms with Crippen LogP contribution in [0.2, 0.25) is 0 Å². The molecule has 0 amide bonds. The van der Waals surface area contributed by atoms with Gasteiger partial charge >= 0.3 is 5.97 Å². The van der Waals surface area contributed by atoms with Crippen LogP contribution in [0.4, 0.5) is 0 Å². The van der Waals surface area contributed by atoms with E-state index in [0.29, 0.717) is 17.2 Å². The molecule has 0 bridgehead atoms. The van der Waals surface area contributed by atoms with E-state index in [-0.39, 0.29) is 15.9 Å². The summed E-state index contributed by atoms with van der Waals surface area (Å²) in [6.45, 7) is 1.61. The van der Waals surface area contributed by atoms with Crippen molar-refractivity contribution in [1.82, 2.24) is 10.2 Å². The van der Waals surface area contributed by atoms with Gasteiger partial charge in [0.15, 0.2) is 11.5 Å². The number of aromatic nitrogens is 2. The molecule has 7 nitrogen and oxygen atoms in total. The van der Waals surface area contributed by atoms with Gasteiger partial charge in [-0.25, -0.2) is 4.79 Å². The van der Waals surface area contributed by atoms with Gasteiger partial charge in [-0.2, -0.15) is 0 Å². The fourth-order valence-corrected chi connectivity index (χ4v) is 2.21. The van der Waals surface area contributed by atoms with Crippen LogP contribution in [0.25, 0.3) is 6.08 Å². The van der Waals surface area contributed by atoms with Crippen LogP contribution in [0, 0.1) is 6.92 Å². The number of carbonyl (C=O) groups is 1. The van der Waals surface area contributed by atoms with Gasteiger partial charge in [0.25, 0.3) is 5.22 Å². The lowest BCUT2D eigenvalue weighted by Gasteiger charge is -2.04. The number of benzene rings is 1. The average Bonchev–Trinajstić information content (AvgIpc) is 2.83. The summed E-state index contributed by atoms with van der Waals surface area (Å²) < 4.78 is 10.1. The lowest BCUT2D eigenvalue weighted by molar-refractivity contribution is -0.131. The van der Waals surface area contributed by atoms with Crippen molar-refractivity contribution in [3.05, 3.63) is 34.6 Å². The van der Waals surface area contributed by atoms with Gasteiger partial charge in [-0.1, -0.05) is 6.07 Å². The molecular formula is C13H12N2O5S. The number of carboxylic acids is 1. The van der Waals surface area contributed by atoms with E-state index in [9.17, 15) is 15.0 Å². The van der Waals surface area contributed by atoms with Gasteiger partial charge in [-0.05, 0) is 35.5 Å². The average molecular weight is 308 g/mol. The molecule has 0 radical (unpaired) electrons. The van der Waals surface area contributed by atoms with Crippen LogP contribution in [0.1, 0.15) is 11.5 Å². The number of hydrogen-bond donors (Lipinski definition) is 2. The molecule has 2 aromatic rings. The summed E-state index contributed by atoms with van der Waals surface area (Å²) in [6.07, 6.45) is 1.39. The number of ether oxygens (including phenoxy) is 1. The number of aryl methyl sites for hydroxylation is 1. The molecule has 21 heavy (non-hydrogen) atoms. The molecule has 2 rings (SSSR count). The molecule has 1 heterocycles. The van der Waals surface area contributed by atoms with Crippen molar-refractivity contribution in [2.75, 3.05) is 7.11 Å². The second kappa shape index (κ2) is 6.31. The normalized spacial score (nSPS) is 11.4. The summed E-state index contributed by atoms with van der Waals surface area (Å²) in [7, 11) is 1.43. The van der Waals surface area contributed by atoms with Gasteiger partial charge in [-0.3, -0.25) is 0 Å². The topological polar surface area (TPSA) is 106 Å². The summed E-state index contributed by atoms with van der Waals surface area (Å²) in [5.74, 6) is -0.547. The van der Waals surface area contributed by atoms with Crippen LogP contribution in [0.3, 0.4) is 0 Å². The van der Waals surface area contributed by atoms with Crippen LogP contribution >= 0.6 is 11.8 Å². The Balaban J connectivity index is 2.29. The van der Waals surface area contributed by atoms with Crippen molar-refractivity contribution >= 4 is 23.8 Å². The van der Waals surface area contributed by atoms with Crippen molar-refractivity contribution in [1.29, 1.82) is 0 Å². The van der Waals surface area contributed by atoms with Gasteiger partial charge in [0.05, 0.1) is 7.11 Å². The molecule has 0 aliphatic heterocycles. The Morgan fingerprint density at radius 1 is 1.43 bits per heavy atom. The van der Waals surface area contributed by atoms with E-state index >= 15 is 0 Å². The van der Waals surface area contributed by atoms with Crippen LogP contribution in [-0.4, -0.2) is 33.5 Å². The highest BCUT2D eigenvalue weighted by Gasteiger charge is 2.14. The third kappa shape index (κ3) is 3.76. The van der Waals surface area contributed by atoms with E-state index in [0.717, 1.165) is 11.8 Å². The summed E-state index contributed by atoms with van der Waals surface area (Å²) in [5.41, 5.74) is 0.509. The van der Waals surface area contributed by atoms with Gasteiger partial charge in [0.2, 0.25) is 5.89 Å². The molecule has 8 heteroatoms. The van der Waals surface area contributed by atoms with Crippen LogP contribution in [0.5, 0.6) is 11.5 Å². The second-order valence-electron chi connectivity index (χ2n) is 3.93. The van der Waals surface area contributed by atoms with Gasteiger partial charge in [0, 0.05) is 6.92 Å². The Bertz CT molecular complexity index is 696. The first-order valence-electron chi connectivity index (χ1n) is 5.79. The Kier molecular flexibility index (Phi) is 4.49. The number of phenols is 1. The smallest absolute Gasteiger partial charge is 0.342 e. The van der Waals surface area contributed by atoms with Crippen LogP contribution < -0.4 is 4.74 Å². The number of aliphatic carboxylic acids is 1. The number of hydrogen-bond acceptors (Lipinski definition) is 7. The number of phenolic OH excluding ortho intramolecular Hbond substituents is 1. The number of thioether (sulfide) groups is 1. The highest BCUT2D eigenvalue weighted by molar-refractivity contribution is 8.03. The molecule has 0 aliphatic carbocycles. The summed E-state index contributed by atoms with van der Waals surface area (Å²) in [5, 5.41) is 26.4. The molecule has 0 spiro atoms. The van der Waals surface area contributed by atoms with Gasteiger partial charge < -0.3 is 19.4 Å². The minimum atomic E-state index is -1.13. The SMILES string of the molecule is COc1ccc(/C=C(\Sc2nnc(C)o2)C(=O)O)cc1O. The molecule has 0 saturated heterocycles.